The summed E-state index contributed by atoms with van der Waals surface area (Å²) < 4.78 is 43.3. The number of ether oxygens (including phenoxy) is 9. The number of carbonyl (C=O) groups is 5. The molecule has 0 unspecified atom stereocenters. The Balaban J connectivity index is 0.000000454. The second-order valence-electron chi connectivity index (χ2n) is 14.9. The van der Waals surface area contributed by atoms with E-state index >= 15 is 0 Å². The molecule has 71 heavy (non-hydrogen) atoms. The number of rotatable bonds is 18. The van der Waals surface area contributed by atoms with E-state index in [1.165, 1.54) is 65.3 Å². The van der Waals surface area contributed by atoms with Crippen molar-refractivity contribution in [3.8, 4) is 23.0 Å². The van der Waals surface area contributed by atoms with Crippen molar-refractivity contribution in [2.24, 2.45) is 0 Å². The van der Waals surface area contributed by atoms with Gasteiger partial charge in [0.1, 0.15) is 49.4 Å². The summed E-state index contributed by atoms with van der Waals surface area (Å²) in [7, 11) is 6.65. The lowest BCUT2D eigenvalue weighted by atomic mass is 9.78. The highest BCUT2D eigenvalue weighted by molar-refractivity contribution is 7.99. The van der Waals surface area contributed by atoms with Crippen molar-refractivity contribution in [3.05, 3.63) is 132 Å². The Morgan fingerprint density at radius 2 is 0.676 bits per heavy atom. The minimum Gasteiger partial charge on any atom is -0.497 e. The molecule has 0 radical (unpaired) electrons. The lowest BCUT2D eigenvalue weighted by Gasteiger charge is -2.26. The standard InChI is InChI=1S/C17H20O2.C14H14S3.C9H14O6.C8H10O2.C6H10O4/c1-17(2,13-5-9-15(18-3)10-6-13)14-7-11-16(19-4)12-8-14;1-15-11-3-7-13(8-4-11)17-14-9-5-12(16-2)6-10-14;1-6(10)13-4-9(15-8(3)12)5-14-7(2)11;1-9-7-3-5-8(10-2)6-4-7;1-5(7)9-3-4-10-6(2)8/h5-12H,1-4H3;3-10H,1-2H3;9H,4-5H2,1-3H3;3-6H,1-2H3;3-4H2,1-2H3. The van der Waals surface area contributed by atoms with E-state index in [1.54, 1.807) is 52.0 Å². The largest absolute Gasteiger partial charge is 0.497 e. The maximum Gasteiger partial charge on any atom is 0.303 e. The Kier molecular flexibility index (Phi) is 31.6. The van der Waals surface area contributed by atoms with E-state index in [-0.39, 0.29) is 43.8 Å². The predicted molar refractivity (Wildman–Crippen MR) is 280 cm³/mol. The van der Waals surface area contributed by atoms with Crippen molar-refractivity contribution in [2.45, 2.75) is 79.6 Å². The Hall–Kier alpha value is -6.30. The zero-order chi connectivity index (χ0) is 53.2. The first-order valence-corrected chi connectivity index (χ1v) is 25.2. The normalized spacial score (nSPS) is 10.0. The molecule has 0 bridgehead atoms. The maximum absolute atomic E-state index is 10.6. The predicted octanol–water partition coefficient (Wildman–Crippen LogP) is 11.2. The SMILES string of the molecule is CC(=O)OCC(COC(C)=O)OC(C)=O.CC(=O)OCCOC(C)=O.COc1ccc(C(C)(C)c2ccc(OC)cc2)cc1.COc1ccc(OC)cc1.CSc1ccc(Sc2ccc(SC)cc2)cc1. The van der Waals surface area contributed by atoms with Crippen LogP contribution in [0.1, 0.15) is 59.6 Å². The first-order valence-electron chi connectivity index (χ1n) is 21.9. The Morgan fingerprint density at radius 3 is 0.915 bits per heavy atom. The van der Waals surface area contributed by atoms with Crippen molar-refractivity contribution in [1.29, 1.82) is 0 Å². The molecule has 17 heteroatoms. The molecule has 0 amide bonds. The average Bonchev–Trinajstić information content (AvgIpc) is 3.37. The van der Waals surface area contributed by atoms with Gasteiger partial charge in [-0.15, -0.1) is 23.5 Å². The lowest BCUT2D eigenvalue weighted by Crippen LogP contribution is -2.29. The Bertz CT molecular complexity index is 2130. The molecule has 0 fully saturated rings. The summed E-state index contributed by atoms with van der Waals surface area (Å²) >= 11 is 5.36. The van der Waals surface area contributed by atoms with Crippen LogP contribution in [0.4, 0.5) is 0 Å². The molecule has 5 rings (SSSR count). The zero-order valence-electron chi connectivity index (χ0n) is 42.9. The molecule has 0 heterocycles. The van der Waals surface area contributed by atoms with Crippen molar-refractivity contribution in [3.63, 3.8) is 0 Å². The van der Waals surface area contributed by atoms with Crippen molar-refractivity contribution < 1.29 is 66.6 Å². The van der Waals surface area contributed by atoms with Crippen LogP contribution in [0.15, 0.2) is 141 Å². The smallest absolute Gasteiger partial charge is 0.303 e. The van der Waals surface area contributed by atoms with E-state index in [0.717, 1.165) is 23.0 Å². The summed E-state index contributed by atoms with van der Waals surface area (Å²) in [5, 5.41) is 0. The summed E-state index contributed by atoms with van der Waals surface area (Å²) in [6.07, 6.45) is 3.45. The van der Waals surface area contributed by atoms with Crippen LogP contribution in [0.5, 0.6) is 23.0 Å². The average molecular weight is 1040 g/mol. The van der Waals surface area contributed by atoms with E-state index in [9.17, 15) is 24.0 Å². The van der Waals surface area contributed by atoms with E-state index < -0.39 is 24.0 Å². The third-order valence-electron chi connectivity index (χ3n) is 9.24. The van der Waals surface area contributed by atoms with Crippen LogP contribution >= 0.6 is 35.3 Å². The molecular weight excluding hydrogens is 969 g/mol. The lowest BCUT2D eigenvalue weighted by molar-refractivity contribution is -0.163. The highest BCUT2D eigenvalue weighted by Crippen LogP contribution is 2.33. The van der Waals surface area contributed by atoms with Gasteiger partial charge in [-0.3, -0.25) is 24.0 Å². The van der Waals surface area contributed by atoms with Gasteiger partial charge in [0.15, 0.2) is 6.10 Å². The molecule has 5 aromatic rings. The molecule has 0 saturated carbocycles. The van der Waals surface area contributed by atoms with E-state index in [4.69, 9.17) is 23.7 Å². The first kappa shape index (κ1) is 62.7. The molecule has 0 aromatic heterocycles. The Labute approximate surface area is 432 Å². The molecule has 0 spiro atoms. The number of methoxy groups -OCH3 is 4. The number of hydrogen-bond donors (Lipinski definition) is 0. The number of hydrogen-bond acceptors (Lipinski definition) is 17. The minimum atomic E-state index is -0.754. The van der Waals surface area contributed by atoms with Crippen molar-refractivity contribution in [1.82, 2.24) is 0 Å². The fraction of sp³-hybridized carbons (Fsp3) is 0.352. The molecule has 5 aromatic carbocycles. The number of benzene rings is 5. The second-order valence-corrected chi connectivity index (χ2v) is 17.8. The Morgan fingerprint density at radius 1 is 0.408 bits per heavy atom. The fourth-order valence-electron chi connectivity index (χ4n) is 5.46. The molecule has 0 aliphatic rings. The molecule has 0 N–H and O–H groups in total. The molecule has 386 valence electrons. The third kappa shape index (κ3) is 28.2. The number of esters is 5. The molecule has 0 aliphatic carbocycles. The molecule has 0 saturated heterocycles. The third-order valence-corrected chi connectivity index (χ3v) is 11.7. The topological polar surface area (TPSA) is 168 Å². The van der Waals surface area contributed by atoms with Gasteiger partial charge in [0, 0.05) is 59.6 Å². The van der Waals surface area contributed by atoms with Crippen LogP contribution in [0.3, 0.4) is 0 Å². The molecular formula is C54H68O14S3. The van der Waals surface area contributed by atoms with Gasteiger partial charge in [-0.25, -0.2) is 0 Å². The number of thioether (sulfide) groups is 2. The van der Waals surface area contributed by atoms with Gasteiger partial charge in [-0.2, -0.15) is 0 Å². The summed E-state index contributed by atoms with van der Waals surface area (Å²) in [5.41, 5.74) is 2.48. The minimum absolute atomic E-state index is 0.0431. The van der Waals surface area contributed by atoms with Gasteiger partial charge in [-0.05, 0) is 121 Å². The molecule has 0 aliphatic heterocycles. The molecule has 14 nitrogen and oxygen atoms in total. The van der Waals surface area contributed by atoms with E-state index in [2.05, 4.69) is 118 Å². The van der Waals surface area contributed by atoms with Crippen LogP contribution in [0.2, 0.25) is 0 Å². The van der Waals surface area contributed by atoms with Crippen molar-refractivity contribution >= 4 is 65.1 Å². The number of carbonyl (C=O) groups excluding carboxylic acids is 5. The van der Waals surface area contributed by atoms with Crippen LogP contribution < -0.4 is 18.9 Å². The summed E-state index contributed by atoms with van der Waals surface area (Å²) in [5.74, 6) is 1.22. The monoisotopic (exact) mass is 1040 g/mol. The van der Waals surface area contributed by atoms with Crippen molar-refractivity contribution in [2.75, 3.05) is 67.4 Å². The summed E-state index contributed by atoms with van der Waals surface area (Å²) in [6.45, 7) is 10.7. The highest BCUT2D eigenvalue weighted by atomic mass is 32.2. The molecule has 0 atom stereocenters. The van der Waals surface area contributed by atoms with E-state index in [0.29, 0.717) is 0 Å². The van der Waals surface area contributed by atoms with Gasteiger partial charge >= 0.3 is 29.8 Å². The second kappa shape index (κ2) is 35.7. The zero-order valence-corrected chi connectivity index (χ0v) is 45.3. The van der Waals surface area contributed by atoms with Gasteiger partial charge in [-0.1, -0.05) is 49.9 Å². The maximum atomic E-state index is 10.6. The fourth-order valence-corrected chi connectivity index (χ4v) is 7.09. The quantitative estimate of drug-likeness (QED) is 0.0351. The van der Waals surface area contributed by atoms with Crippen LogP contribution in [-0.4, -0.2) is 103 Å². The van der Waals surface area contributed by atoms with Gasteiger partial charge in [0.05, 0.1) is 28.4 Å². The van der Waals surface area contributed by atoms with Crippen LogP contribution in [0, 0.1) is 0 Å². The van der Waals surface area contributed by atoms with Gasteiger partial charge in [0.25, 0.3) is 0 Å². The first-order chi connectivity index (χ1) is 33.8. The van der Waals surface area contributed by atoms with E-state index in [1.807, 2.05) is 60.3 Å². The van der Waals surface area contributed by atoms with Gasteiger partial charge < -0.3 is 42.6 Å². The van der Waals surface area contributed by atoms with Crippen LogP contribution in [0.25, 0.3) is 0 Å². The summed E-state index contributed by atoms with van der Waals surface area (Å²) in [4.78, 5) is 57.1. The summed E-state index contributed by atoms with van der Waals surface area (Å²) in [6, 6.07) is 41.3. The van der Waals surface area contributed by atoms with Gasteiger partial charge in [0.2, 0.25) is 0 Å². The highest BCUT2D eigenvalue weighted by Gasteiger charge is 2.23. The van der Waals surface area contributed by atoms with Crippen LogP contribution in [-0.2, 0) is 53.1 Å².